The highest BCUT2D eigenvalue weighted by Crippen LogP contribution is 2.27. The zero-order valence-electron chi connectivity index (χ0n) is 15.8. The Labute approximate surface area is 153 Å². The van der Waals surface area contributed by atoms with E-state index >= 15 is 0 Å². The average molecular weight is 356 g/mol. The number of carbonyl (C=O) groups excluding carboxylic acids is 2. The van der Waals surface area contributed by atoms with Crippen LogP contribution in [0.4, 0.5) is 0 Å². The van der Waals surface area contributed by atoms with Crippen molar-refractivity contribution in [3.05, 3.63) is 58.7 Å². The van der Waals surface area contributed by atoms with Crippen LogP contribution in [0, 0.1) is 13.8 Å². The van der Waals surface area contributed by atoms with Gasteiger partial charge < -0.3 is 14.2 Å². The Balaban J connectivity index is 2.05. The van der Waals surface area contributed by atoms with Crippen LogP contribution in [0.3, 0.4) is 0 Å². The SMILES string of the molecule is COc1ccc(CC(=O)O[C@@H](C)C(=O)c2cc(C)ccc2C)cc1OC. The Morgan fingerprint density at radius 3 is 2.31 bits per heavy atom. The third kappa shape index (κ3) is 4.63. The highest BCUT2D eigenvalue weighted by molar-refractivity contribution is 6.01. The van der Waals surface area contributed by atoms with Crippen LogP contribution in [0.15, 0.2) is 36.4 Å². The molecule has 0 aromatic heterocycles. The first-order valence-electron chi connectivity index (χ1n) is 8.37. The molecule has 0 radical (unpaired) electrons. The van der Waals surface area contributed by atoms with Crippen molar-refractivity contribution in [1.82, 2.24) is 0 Å². The number of methoxy groups -OCH3 is 2. The van der Waals surface area contributed by atoms with Crippen LogP contribution < -0.4 is 9.47 Å². The zero-order valence-corrected chi connectivity index (χ0v) is 15.8. The van der Waals surface area contributed by atoms with Gasteiger partial charge in [0.15, 0.2) is 17.6 Å². The van der Waals surface area contributed by atoms with Gasteiger partial charge in [-0.15, -0.1) is 0 Å². The lowest BCUT2D eigenvalue weighted by molar-refractivity contribution is -0.145. The van der Waals surface area contributed by atoms with Gasteiger partial charge in [-0.05, 0) is 50.1 Å². The Kier molecular flexibility index (Phi) is 6.39. The van der Waals surface area contributed by atoms with Gasteiger partial charge in [-0.2, -0.15) is 0 Å². The van der Waals surface area contributed by atoms with Crippen molar-refractivity contribution in [2.24, 2.45) is 0 Å². The monoisotopic (exact) mass is 356 g/mol. The second-order valence-electron chi connectivity index (χ2n) is 6.18. The standard InChI is InChI=1S/C21H24O5/c1-13-6-7-14(2)17(10-13)21(23)15(3)26-20(22)12-16-8-9-18(24-4)19(11-16)25-5/h6-11,15H,12H2,1-5H3/t15-/m0/s1. The maximum absolute atomic E-state index is 12.6. The van der Waals surface area contributed by atoms with Crippen molar-refractivity contribution in [3.63, 3.8) is 0 Å². The van der Waals surface area contributed by atoms with E-state index in [-0.39, 0.29) is 12.2 Å². The Bertz CT molecular complexity index is 810. The lowest BCUT2D eigenvalue weighted by atomic mass is 9.99. The van der Waals surface area contributed by atoms with Crippen LogP contribution >= 0.6 is 0 Å². The fraction of sp³-hybridized carbons (Fsp3) is 0.333. The Morgan fingerprint density at radius 2 is 1.65 bits per heavy atom. The summed E-state index contributed by atoms with van der Waals surface area (Å²) in [5, 5.41) is 0. The molecule has 2 aromatic carbocycles. The molecule has 0 spiro atoms. The van der Waals surface area contributed by atoms with Crippen molar-refractivity contribution in [2.75, 3.05) is 14.2 Å². The molecule has 26 heavy (non-hydrogen) atoms. The first-order chi connectivity index (χ1) is 12.3. The molecule has 138 valence electrons. The van der Waals surface area contributed by atoms with E-state index in [0.717, 1.165) is 16.7 Å². The quantitative estimate of drug-likeness (QED) is 0.559. The summed E-state index contributed by atoms with van der Waals surface area (Å²) in [5.74, 6) is 0.454. The molecule has 5 heteroatoms. The molecule has 0 N–H and O–H groups in total. The predicted molar refractivity (Wildman–Crippen MR) is 99.1 cm³/mol. The number of carbonyl (C=O) groups is 2. The molecule has 1 atom stereocenters. The van der Waals surface area contributed by atoms with Gasteiger partial charge in [0.1, 0.15) is 0 Å². The van der Waals surface area contributed by atoms with Gasteiger partial charge in [-0.1, -0.05) is 23.8 Å². The van der Waals surface area contributed by atoms with E-state index in [1.165, 1.54) is 7.11 Å². The van der Waals surface area contributed by atoms with E-state index in [2.05, 4.69) is 0 Å². The fourth-order valence-corrected chi connectivity index (χ4v) is 2.67. The molecule has 0 bridgehead atoms. The first-order valence-corrected chi connectivity index (χ1v) is 8.37. The molecule has 0 saturated carbocycles. The normalized spacial score (nSPS) is 11.6. The van der Waals surface area contributed by atoms with Crippen molar-refractivity contribution < 1.29 is 23.8 Å². The van der Waals surface area contributed by atoms with Crippen LogP contribution in [0.1, 0.15) is 34.0 Å². The van der Waals surface area contributed by atoms with E-state index in [0.29, 0.717) is 17.1 Å². The molecular weight excluding hydrogens is 332 g/mol. The number of benzene rings is 2. The number of ether oxygens (including phenoxy) is 3. The summed E-state index contributed by atoms with van der Waals surface area (Å²) >= 11 is 0. The fourth-order valence-electron chi connectivity index (χ4n) is 2.67. The summed E-state index contributed by atoms with van der Waals surface area (Å²) in [6.07, 6.45) is -0.798. The third-order valence-corrected chi connectivity index (χ3v) is 4.13. The van der Waals surface area contributed by atoms with Crippen LogP contribution in [-0.4, -0.2) is 32.1 Å². The molecule has 0 fully saturated rings. The van der Waals surface area contributed by atoms with Gasteiger partial charge in [0, 0.05) is 5.56 Å². The molecule has 2 rings (SSSR count). The van der Waals surface area contributed by atoms with Gasteiger partial charge in [-0.25, -0.2) is 0 Å². The number of hydrogen-bond donors (Lipinski definition) is 0. The molecule has 0 amide bonds. The number of Topliss-reactive ketones (excluding diaryl/α,β-unsaturated/α-hetero) is 1. The van der Waals surface area contributed by atoms with Crippen LogP contribution in [0.25, 0.3) is 0 Å². The maximum atomic E-state index is 12.6. The van der Waals surface area contributed by atoms with E-state index in [1.54, 1.807) is 32.2 Å². The average Bonchev–Trinajstić information content (AvgIpc) is 2.62. The summed E-state index contributed by atoms with van der Waals surface area (Å²) in [7, 11) is 3.08. The van der Waals surface area contributed by atoms with Crippen LogP contribution in [0.2, 0.25) is 0 Å². The minimum absolute atomic E-state index is 0.0464. The largest absolute Gasteiger partial charge is 0.493 e. The molecule has 0 aliphatic heterocycles. The highest BCUT2D eigenvalue weighted by atomic mass is 16.5. The van der Waals surface area contributed by atoms with E-state index < -0.39 is 12.1 Å². The zero-order chi connectivity index (χ0) is 19.3. The summed E-state index contributed by atoms with van der Waals surface area (Å²) in [6, 6.07) is 10.9. The smallest absolute Gasteiger partial charge is 0.310 e. The number of aryl methyl sites for hydroxylation is 2. The maximum Gasteiger partial charge on any atom is 0.310 e. The summed E-state index contributed by atoms with van der Waals surface area (Å²) in [6.45, 7) is 5.38. The number of hydrogen-bond acceptors (Lipinski definition) is 5. The molecule has 0 aliphatic rings. The minimum atomic E-state index is -0.844. The highest BCUT2D eigenvalue weighted by Gasteiger charge is 2.21. The van der Waals surface area contributed by atoms with E-state index in [4.69, 9.17) is 14.2 Å². The predicted octanol–water partition coefficient (Wildman–Crippen LogP) is 3.68. The van der Waals surface area contributed by atoms with Gasteiger partial charge >= 0.3 is 5.97 Å². The Hall–Kier alpha value is -2.82. The lowest BCUT2D eigenvalue weighted by Crippen LogP contribution is -2.26. The number of rotatable bonds is 7. The molecule has 0 unspecified atom stereocenters. The van der Waals surface area contributed by atoms with Gasteiger partial charge in [-0.3, -0.25) is 9.59 Å². The molecule has 0 saturated heterocycles. The van der Waals surface area contributed by atoms with E-state index in [9.17, 15) is 9.59 Å². The minimum Gasteiger partial charge on any atom is -0.493 e. The Morgan fingerprint density at radius 1 is 0.962 bits per heavy atom. The van der Waals surface area contributed by atoms with E-state index in [1.807, 2.05) is 32.0 Å². The molecule has 0 aliphatic carbocycles. The van der Waals surface area contributed by atoms with Crippen molar-refractivity contribution in [3.8, 4) is 11.5 Å². The topological polar surface area (TPSA) is 61.8 Å². The molecular formula is C21H24O5. The number of esters is 1. The molecule has 0 heterocycles. The molecule has 2 aromatic rings. The van der Waals surface area contributed by atoms with Gasteiger partial charge in [0.05, 0.1) is 20.6 Å². The lowest BCUT2D eigenvalue weighted by Gasteiger charge is -2.15. The third-order valence-electron chi connectivity index (χ3n) is 4.13. The summed E-state index contributed by atoms with van der Waals surface area (Å²) in [4.78, 5) is 24.8. The van der Waals surface area contributed by atoms with Crippen molar-refractivity contribution in [1.29, 1.82) is 0 Å². The van der Waals surface area contributed by atoms with Gasteiger partial charge in [0.2, 0.25) is 5.78 Å². The van der Waals surface area contributed by atoms with Crippen molar-refractivity contribution in [2.45, 2.75) is 33.3 Å². The second-order valence-corrected chi connectivity index (χ2v) is 6.18. The summed E-state index contributed by atoms with van der Waals surface area (Å²) < 4.78 is 15.7. The first kappa shape index (κ1) is 19.5. The van der Waals surface area contributed by atoms with Crippen molar-refractivity contribution >= 4 is 11.8 Å². The second kappa shape index (κ2) is 8.52. The number of ketones is 1. The van der Waals surface area contributed by atoms with Crippen LogP contribution in [-0.2, 0) is 16.0 Å². The van der Waals surface area contributed by atoms with Crippen LogP contribution in [0.5, 0.6) is 11.5 Å². The summed E-state index contributed by atoms with van der Waals surface area (Å²) in [5.41, 5.74) is 3.15. The molecule has 5 nitrogen and oxygen atoms in total. The van der Waals surface area contributed by atoms with Gasteiger partial charge in [0.25, 0.3) is 0 Å².